The largest absolute Gasteiger partial charge is 0.334 e. The fourth-order valence-corrected chi connectivity index (χ4v) is 3.80. The number of H-pyrrole nitrogens is 1. The highest BCUT2D eigenvalue weighted by molar-refractivity contribution is 6.42. The average molecular weight is 483 g/mol. The van der Waals surface area contributed by atoms with Crippen LogP contribution in [0.5, 0.6) is 0 Å². The Hall–Kier alpha value is -3.75. The fraction of sp³-hybridized carbons (Fsp3) is 0.0435. The Morgan fingerprint density at radius 3 is 2.61 bits per heavy atom. The van der Waals surface area contributed by atoms with Crippen LogP contribution in [0.1, 0.15) is 11.4 Å². The van der Waals surface area contributed by atoms with Gasteiger partial charge in [-0.25, -0.2) is 13.8 Å². The summed E-state index contributed by atoms with van der Waals surface area (Å²) >= 11 is 12.0. The van der Waals surface area contributed by atoms with Crippen molar-refractivity contribution in [2.24, 2.45) is 0 Å². The first-order valence-electron chi connectivity index (χ1n) is 9.71. The van der Waals surface area contributed by atoms with Crippen LogP contribution in [-0.2, 0) is 6.42 Å². The van der Waals surface area contributed by atoms with Crippen molar-refractivity contribution in [2.45, 2.75) is 6.42 Å². The Bertz CT molecular complexity index is 1640. The molecule has 2 heterocycles. The van der Waals surface area contributed by atoms with Gasteiger partial charge in [0.2, 0.25) is 0 Å². The highest BCUT2D eigenvalue weighted by Gasteiger charge is 2.15. The minimum atomic E-state index is -0.763. The fourth-order valence-electron chi connectivity index (χ4n) is 3.48. The lowest BCUT2D eigenvalue weighted by molar-refractivity contribution is 0.424. The molecule has 7 nitrogen and oxygen atoms in total. The van der Waals surface area contributed by atoms with Crippen LogP contribution in [0.3, 0.4) is 0 Å². The molecule has 0 aliphatic rings. The molecule has 0 bridgehead atoms. The summed E-state index contributed by atoms with van der Waals surface area (Å²) < 4.78 is 20.3. The number of para-hydroxylation sites is 1. The van der Waals surface area contributed by atoms with Gasteiger partial charge in [-0.1, -0.05) is 46.6 Å². The second-order valence-corrected chi connectivity index (χ2v) is 8.04. The maximum atomic E-state index is 14.2. The highest BCUT2D eigenvalue weighted by atomic mass is 35.5. The Balaban J connectivity index is 1.51. The zero-order valence-corrected chi connectivity index (χ0v) is 18.2. The number of nitrogens with zero attached hydrogens (tertiary/aromatic N) is 3. The summed E-state index contributed by atoms with van der Waals surface area (Å²) in [6.07, 6.45) is 0.373. The maximum Gasteiger partial charge on any atom is 0.333 e. The van der Waals surface area contributed by atoms with Crippen molar-refractivity contribution in [1.29, 1.82) is 0 Å². The van der Waals surface area contributed by atoms with Crippen LogP contribution in [0.15, 0.2) is 74.8 Å². The SMILES string of the molecule is O=c1[nH]c2cc(-c3nc(Cc4ccc(Cl)c(Cl)c4)no3)ccc2c(=O)n1-c1ccccc1F. The average Bonchev–Trinajstić information content (AvgIpc) is 3.26. The summed E-state index contributed by atoms with van der Waals surface area (Å²) in [7, 11) is 0. The number of fused-ring (bicyclic) bond motifs is 1. The van der Waals surface area contributed by atoms with E-state index < -0.39 is 17.1 Å². The molecule has 2 aromatic heterocycles. The van der Waals surface area contributed by atoms with Crippen LogP contribution in [0.2, 0.25) is 10.0 Å². The van der Waals surface area contributed by atoms with E-state index in [9.17, 15) is 14.0 Å². The monoisotopic (exact) mass is 482 g/mol. The first kappa shape index (κ1) is 21.1. The topological polar surface area (TPSA) is 93.8 Å². The molecule has 5 aromatic rings. The Kier molecular flexibility index (Phi) is 5.32. The first-order chi connectivity index (χ1) is 15.9. The number of benzene rings is 3. The summed E-state index contributed by atoms with van der Waals surface area (Å²) in [6, 6.07) is 15.5. The van der Waals surface area contributed by atoms with Crippen molar-refractivity contribution < 1.29 is 8.91 Å². The number of aromatic nitrogens is 4. The third-order valence-electron chi connectivity index (χ3n) is 5.05. The molecular formula is C23H13Cl2FN4O3. The molecule has 0 radical (unpaired) electrons. The normalized spacial score (nSPS) is 11.2. The van der Waals surface area contributed by atoms with Gasteiger partial charge >= 0.3 is 5.69 Å². The van der Waals surface area contributed by atoms with Crippen LogP contribution in [0.4, 0.5) is 4.39 Å². The second kappa shape index (κ2) is 8.31. The van der Waals surface area contributed by atoms with Gasteiger partial charge in [0.15, 0.2) is 5.82 Å². The number of halogens is 3. The van der Waals surface area contributed by atoms with Gasteiger partial charge in [0, 0.05) is 12.0 Å². The van der Waals surface area contributed by atoms with Crippen LogP contribution in [0.25, 0.3) is 28.0 Å². The zero-order valence-electron chi connectivity index (χ0n) is 16.7. The lowest BCUT2D eigenvalue weighted by atomic mass is 10.1. The molecule has 0 aliphatic carbocycles. The molecule has 0 fully saturated rings. The molecule has 0 spiro atoms. The Labute approximate surface area is 195 Å². The lowest BCUT2D eigenvalue weighted by Gasteiger charge is -2.07. The van der Waals surface area contributed by atoms with Gasteiger partial charge < -0.3 is 9.51 Å². The molecular weight excluding hydrogens is 470 g/mol. The summed E-state index contributed by atoms with van der Waals surface area (Å²) in [4.78, 5) is 32.5. The van der Waals surface area contributed by atoms with Crippen LogP contribution in [-0.4, -0.2) is 19.7 Å². The van der Waals surface area contributed by atoms with E-state index in [0.717, 1.165) is 10.1 Å². The zero-order chi connectivity index (χ0) is 23.1. The molecule has 33 heavy (non-hydrogen) atoms. The van der Waals surface area contributed by atoms with E-state index in [2.05, 4.69) is 15.1 Å². The van der Waals surface area contributed by atoms with Crippen LogP contribution >= 0.6 is 23.2 Å². The summed E-state index contributed by atoms with van der Waals surface area (Å²) in [5.41, 5.74) is 0.0945. The predicted octanol–water partition coefficient (Wildman–Crippen LogP) is 4.77. The molecule has 1 N–H and O–H groups in total. The minimum Gasteiger partial charge on any atom is -0.334 e. The lowest BCUT2D eigenvalue weighted by Crippen LogP contribution is -2.34. The molecule has 0 atom stereocenters. The van der Waals surface area contributed by atoms with E-state index in [0.29, 0.717) is 27.9 Å². The van der Waals surface area contributed by atoms with Crippen LogP contribution < -0.4 is 11.2 Å². The molecule has 5 rings (SSSR count). The van der Waals surface area contributed by atoms with Gasteiger partial charge in [-0.3, -0.25) is 4.79 Å². The van der Waals surface area contributed by atoms with Crippen molar-refractivity contribution in [3.63, 3.8) is 0 Å². The maximum absolute atomic E-state index is 14.2. The van der Waals surface area contributed by atoms with E-state index in [1.54, 1.807) is 30.3 Å². The number of nitrogens with one attached hydrogen (secondary N) is 1. The Morgan fingerprint density at radius 2 is 1.82 bits per heavy atom. The summed E-state index contributed by atoms with van der Waals surface area (Å²) in [5.74, 6) is -0.0422. The van der Waals surface area contributed by atoms with Gasteiger partial charge in [0.25, 0.3) is 11.4 Å². The highest BCUT2D eigenvalue weighted by Crippen LogP contribution is 2.25. The molecule has 0 amide bonds. The predicted molar refractivity (Wildman–Crippen MR) is 123 cm³/mol. The van der Waals surface area contributed by atoms with Gasteiger partial charge in [-0.2, -0.15) is 4.98 Å². The minimum absolute atomic E-state index is 0.126. The molecule has 0 unspecified atom stereocenters. The van der Waals surface area contributed by atoms with Crippen molar-refractivity contribution >= 4 is 34.1 Å². The quantitative estimate of drug-likeness (QED) is 0.398. The van der Waals surface area contributed by atoms with E-state index >= 15 is 0 Å². The Morgan fingerprint density at radius 1 is 1.00 bits per heavy atom. The van der Waals surface area contributed by atoms with E-state index in [4.69, 9.17) is 27.7 Å². The molecule has 164 valence electrons. The number of hydrogen-bond donors (Lipinski definition) is 1. The smallest absolute Gasteiger partial charge is 0.333 e. The van der Waals surface area contributed by atoms with E-state index in [-0.39, 0.29) is 22.5 Å². The summed E-state index contributed by atoms with van der Waals surface area (Å²) in [6.45, 7) is 0. The van der Waals surface area contributed by atoms with Gasteiger partial charge in [-0.15, -0.1) is 0 Å². The number of hydrogen-bond acceptors (Lipinski definition) is 5. The second-order valence-electron chi connectivity index (χ2n) is 7.22. The molecule has 3 aromatic carbocycles. The molecule has 0 saturated carbocycles. The standard InChI is InChI=1S/C23H13Cl2FN4O3/c24-15-8-5-12(9-16(15)25)10-20-28-21(33-29-20)13-6-7-14-18(11-13)27-23(32)30(22(14)31)19-4-2-1-3-17(19)26/h1-9,11H,10H2,(H,27,32). The van der Waals surface area contributed by atoms with Crippen molar-refractivity contribution in [3.05, 3.63) is 109 Å². The number of rotatable bonds is 4. The third-order valence-corrected chi connectivity index (χ3v) is 5.79. The molecule has 10 heteroatoms. The van der Waals surface area contributed by atoms with Crippen molar-refractivity contribution in [1.82, 2.24) is 19.7 Å². The van der Waals surface area contributed by atoms with E-state index in [1.807, 2.05) is 6.07 Å². The number of aromatic amines is 1. The van der Waals surface area contributed by atoms with Crippen molar-refractivity contribution in [2.75, 3.05) is 0 Å². The van der Waals surface area contributed by atoms with Gasteiger partial charge in [-0.05, 0) is 48.0 Å². The third kappa shape index (κ3) is 3.94. The summed E-state index contributed by atoms with van der Waals surface area (Å²) in [5, 5.41) is 5.06. The van der Waals surface area contributed by atoms with Crippen molar-refractivity contribution in [3.8, 4) is 17.1 Å². The first-order valence-corrected chi connectivity index (χ1v) is 10.5. The van der Waals surface area contributed by atoms with Gasteiger partial charge in [0.1, 0.15) is 5.82 Å². The van der Waals surface area contributed by atoms with Gasteiger partial charge in [0.05, 0.1) is 26.6 Å². The van der Waals surface area contributed by atoms with E-state index in [1.165, 1.54) is 24.3 Å². The van der Waals surface area contributed by atoms with Crippen LogP contribution in [0, 0.1) is 5.82 Å². The molecule has 0 saturated heterocycles. The molecule has 0 aliphatic heterocycles.